The predicted molar refractivity (Wildman–Crippen MR) is 92.8 cm³/mol. The molecule has 0 rings (SSSR count). The maximum absolute atomic E-state index is 12.3. The summed E-state index contributed by atoms with van der Waals surface area (Å²) in [5, 5.41) is 5.38. The summed E-state index contributed by atoms with van der Waals surface area (Å²) < 4.78 is 0. The van der Waals surface area contributed by atoms with Crippen LogP contribution in [0.3, 0.4) is 0 Å². The molecular formula is C17H33N3O4. The SMILES string of the molecule is CC(C)CNC(=O)[C@@H](C)NC(=O)[C@@H](ONC(=O)C(C)(C)C)C(C)C. The molecule has 0 radical (unpaired) electrons. The molecule has 0 aromatic rings. The van der Waals surface area contributed by atoms with E-state index in [0.717, 1.165) is 0 Å². The maximum Gasteiger partial charge on any atom is 0.252 e. The molecule has 0 unspecified atom stereocenters. The van der Waals surface area contributed by atoms with Crippen molar-refractivity contribution >= 4 is 17.7 Å². The lowest BCUT2D eigenvalue weighted by Crippen LogP contribution is -2.52. The first-order valence-corrected chi connectivity index (χ1v) is 8.40. The van der Waals surface area contributed by atoms with Crippen molar-refractivity contribution in [3.8, 4) is 0 Å². The van der Waals surface area contributed by atoms with Gasteiger partial charge in [-0.25, -0.2) is 5.48 Å². The van der Waals surface area contributed by atoms with Gasteiger partial charge in [0.1, 0.15) is 6.04 Å². The Labute approximate surface area is 145 Å². The third-order valence-electron chi connectivity index (χ3n) is 3.26. The lowest BCUT2D eigenvalue weighted by atomic mass is 9.96. The van der Waals surface area contributed by atoms with E-state index in [9.17, 15) is 14.4 Å². The predicted octanol–water partition coefficient (Wildman–Crippen LogP) is 1.38. The standard InChI is InChI=1S/C17H33N3O4/c1-10(2)9-18-14(21)12(5)19-15(22)13(11(3)4)24-20-16(23)17(6,7)8/h10-13H,9H2,1-8H3,(H,18,21)(H,19,22)(H,20,23)/t12-,13+/m1/s1. The number of hydroxylamine groups is 1. The molecule has 0 aromatic carbocycles. The molecule has 2 atom stereocenters. The summed E-state index contributed by atoms with van der Waals surface area (Å²) in [4.78, 5) is 41.4. The zero-order valence-corrected chi connectivity index (χ0v) is 16.1. The largest absolute Gasteiger partial charge is 0.354 e. The second-order valence-electron chi connectivity index (χ2n) is 7.83. The summed E-state index contributed by atoms with van der Waals surface area (Å²) in [6.45, 7) is 15.0. The van der Waals surface area contributed by atoms with E-state index in [1.165, 1.54) is 0 Å². The van der Waals surface area contributed by atoms with Crippen LogP contribution in [-0.2, 0) is 19.2 Å². The van der Waals surface area contributed by atoms with Gasteiger partial charge < -0.3 is 10.6 Å². The highest BCUT2D eigenvalue weighted by Gasteiger charge is 2.29. The van der Waals surface area contributed by atoms with Crippen LogP contribution in [0.1, 0.15) is 55.4 Å². The molecule has 3 amide bonds. The van der Waals surface area contributed by atoms with Crippen LogP contribution < -0.4 is 16.1 Å². The Hall–Kier alpha value is -1.63. The molecule has 0 saturated heterocycles. The fraction of sp³-hybridized carbons (Fsp3) is 0.824. The van der Waals surface area contributed by atoms with Crippen molar-refractivity contribution in [3.05, 3.63) is 0 Å². The molecule has 0 aliphatic rings. The third kappa shape index (κ3) is 8.29. The molecule has 0 heterocycles. The molecule has 24 heavy (non-hydrogen) atoms. The summed E-state index contributed by atoms with van der Waals surface area (Å²) in [6.07, 6.45) is -0.878. The highest BCUT2D eigenvalue weighted by molar-refractivity contribution is 5.89. The quantitative estimate of drug-likeness (QED) is 0.580. The lowest BCUT2D eigenvalue weighted by molar-refractivity contribution is -0.157. The second kappa shape index (κ2) is 9.61. The maximum atomic E-state index is 12.3. The highest BCUT2D eigenvalue weighted by atomic mass is 16.7. The fourth-order valence-electron chi connectivity index (χ4n) is 1.58. The van der Waals surface area contributed by atoms with Crippen molar-refractivity contribution in [1.29, 1.82) is 0 Å². The van der Waals surface area contributed by atoms with Gasteiger partial charge in [-0.3, -0.25) is 19.2 Å². The Balaban J connectivity index is 4.64. The fourth-order valence-corrected chi connectivity index (χ4v) is 1.58. The van der Waals surface area contributed by atoms with Crippen LogP contribution in [0.5, 0.6) is 0 Å². The van der Waals surface area contributed by atoms with Gasteiger partial charge in [-0.05, 0) is 18.8 Å². The Morgan fingerprint density at radius 2 is 1.50 bits per heavy atom. The third-order valence-corrected chi connectivity index (χ3v) is 3.26. The molecule has 0 fully saturated rings. The van der Waals surface area contributed by atoms with Gasteiger partial charge in [0.05, 0.1) is 0 Å². The molecule has 0 saturated carbocycles. The molecule has 7 nitrogen and oxygen atoms in total. The molecule has 0 aromatic heterocycles. The number of nitrogens with one attached hydrogen (secondary N) is 3. The molecular weight excluding hydrogens is 310 g/mol. The van der Waals surface area contributed by atoms with Crippen molar-refractivity contribution in [2.75, 3.05) is 6.54 Å². The summed E-state index contributed by atoms with van der Waals surface area (Å²) in [5.41, 5.74) is 1.70. The van der Waals surface area contributed by atoms with E-state index >= 15 is 0 Å². The van der Waals surface area contributed by atoms with E-state index in [-0.39, 0.29) is 17.7 Å². The zero-order valence-electron chi connectivity index (χ0n) is 16.1. The van der Waals surface area contributed by atoms with Crippen molar-refractivity contribution in [2.24, 2.45) is 17.3 Å². The second-order valence-corrected chi connectivity index (χ2v) is 7.83. The average molecular weight is 343 g/mol. The van der Waals surface area contributed by atoms with Crippen molar-refractivity contribution in [1.82, 2.24) is 16.1 Å². The van der Waals surface area contributed by atoms with Crippen LogP contribution in [0.15, 0.2) is 0 Å². The van der Waals surface area contributed by atoms with Crippen molar-refractivity contribution in [3.63, 3.8) is 0 Å². The Morgan fingerprint density at radius 1 is 0.958 bits per heavy atom. The number of hydrogen-bond donors (Lipinski definition) is 3. The summed E-state index contributed by atoms with van der Waals surface area (Å²) in [6, 6.07) is -0.681. The van der Waals surface area contributed by atoms with Crippen molar-refractivity contribution < 1.29 is 19.2 Å². The number of amides is 3. The number of rotatable bonds is 8. The lowest BCUT2D eigenvalue weighted by Gasteiger charge is -2.25. The van der Waals surface area contributed by atoms with Crippen LogP contribution in [0.25, 0.3) is 0 Å². The van der Waals surface area contributed by atoms with Gasteiger partial charge in [-0.1, -0.05) is 48.5 Å². The summed E-state index contributed by atoms with van der Waals surface area (Å²) >= 11 is 0. The average Bonchev–Trinajstić information content (AvgIpc) is 2.42. The number of carbonyl (C=O) groups excluding carboxylic acids is 3. The van der Waals surface area contributed by atoms with Crippen LogP contribution >= 0.6 is 0 Å². The minimum atomic E-state index is -0.878. The van der Waals surface area contributed by atoms with Crippen LogP contribution in [0.2, 0.25) is 0 Å². The van der Waals surface area contributed by atoms with Crippen molar-refractivity contribution in [2.45, 2.75) is 67.5 Å². The van der Waals surface area contributed by atoms with E-state index < -0.39 is 23.5 Å². The van der Waals surface area contributed by atoms with Gasteiger partial charge in [0.15, 0.2) is 6.10 Å². The van der Waals surface area contributed by atoms with E-state index in [4.69, 9.17) is 4.84 Å². The van der Waals surface area contributed by atoms with Gasteiger partial charge in [-0.2, -0.15) is 0 Å². The van der Waals surface area contributed by atoms with Crippen LogP contribution in [0, 0.1) is 17.3 Å². The van der Waals surface area contributed by atoms with Crippen LogP contribution in [-0.4, -0.2) is 36.4 Å². The smallest absolute Gasteiger partial charge is 0.252 e. The summed E-state index contributed by atoms with van der Waals surface area (Å²) in [5.74, 6) is -0.847. The highest BCUT2D eigenvalue weighted by Crippen LogP contribution is 2.13. The summed E-state index contributed by atoms with van der Waals surface area (Å²) in [7, 11) is 0. The van der Waals surface area contributed by atoms with E-state index in [2.05, 4.69) is 16.1 Å². The minimum absolute atomic E-state index is 0.170. The van der Waals surface area contributed by atoms with E-state index in [1.54, 1.807) is 41.5 Å². The topological polar surface area (TPSA) is 96.5 Å². The molecule has 3 N–H and O–H groups in total. The first-order chi connectivity index (χ1) is 10.9. The molecule has 0 aliphatic heterocycles. The monoisotopic (exact) mass is 343 g/mol. The molecule has 7 heteroatoms. The molecule has 0 bridgehead atoms. The molecule has 0 aliphatic carbocycles. The Kier molecular flexibility index (Phi) is 8.96. The normalized spacial score (nSPS) is 14.2. The first-order valence-electron chi connectivity index (χ1n) is 8.40. The van der Waals surface area contributed by atoms with E-state index in [0.29, 0.717) is 12.5 Å². The number of hydrogen-bond acceptors (Lipinski definition) is 4. The van der Waals surface area contributed by atoms with Gasteiger partial charge >= 0.3 is 0 Å². The Bertz CT molecular complexity index is 442. The first kappa shape index (κ1) is 22.4. The van der Waals surface area contributed by atoms with Gasteiger partial charge in [-0.15, -0.1) is 0 Å². The molecule has 140 valence electrons. The minimum Gasteiger partial charge on any atom is -0.354 e. The van der Waals surface area contributed by atoms with Gasteiger partial charge in [0.2, 0.25) is 11.8 Å². The van der Waals surface area contributed by atoms with Gasteiger partial charge in [0.25, 0.3) is 5.91 Å². The van der Waals surface area contributed by atoms with Gasteiger partial charge in [0, 0.05) is 12.0 Å². The number of carbonyl (C=O) groups is 3. The zero-order chi connectivity index (χ0) is 19.1. The Morgan fingerprint density at radius 3 is 1.92 bits per heavy atom. The molecule has 0 spiro atoms. The van der Waals surface area contributed by atoms with Crippen LogP contribution in [0.4, 0.5) is 0 Å². The van der Waals surface area contributed by atoms with E-state index in [1.807, 2.05) is 13.8 Å².